The molecule has 22 heavy (non-hydrogen) atoms. The average molecular weight is 333 g/mol. The number of aromatic amines is 1. The number of fused-ring (bicyclic) bond motifs is 2. The topological polar surface area (TPSA) is 19.0 Å². The fourth-order valence-corrected chi connectivity index (χ4v) is 6.00. The number of thioether (sulfide) groups is 2. The molecule has 1 fully saturated rings. The maximum atomic E-state index is 3.65. The number of nitrogens with zero attached hydrogens (tertiary/aromatic N) is 1. The Morgan fingerprint density at radius 3 is 2.95 bits per heavy atom. The molecule has 0 bridgehead atoms. The zero-order valence-corrected chi connectivity index (χ0v) is 15.2. The van der Waals surface area contributed by atoms with Crippen molar-refractivity contribution in [1.29, 1.82) is 0 Å². The van der Waals surface area contributed by atoms with E-state index in [0.29, 0.717) is 12.0 Å². The summed E-state index contributed by atoms with van der Waals surface area (Å²) >= 11 is 3.86. The van der Waals surface area contributed by atoms with Gasteiger partial charge in [-0.15, -0.1) is 11.8 Å². The van der Waals surface area contributed by atoms with Crippen molar-refractivity contribution in [3.63, 3.8) is 0 Å². The first-order valence-corrected chi connectivity index (χ1v) is 10.7. The molecule has 2 aliphatic rings. The van der Waals surface area contributed by atoms with Gasteiger partial charge in [0.15, 0.2) is 0 Å². The Morgan fingerprint density at radius 1 is 1.32 bits per heavy atom. The summed E-state index contributed by atoms with van der Waals surface area (Å²) in [6.07, 6.45) is 6.99. The van der Waals surface area contributed by atoms with Crippen molar-refractivity contribution in [2.75, 3.05) is 31.9 Å². The number of hydrogen-bond acceptors (Lipinski definition) is 3. The SMILES string of the molecule is CSCC1CC2c3cccc4[nH]c(SC)c(c34)C[C@H]2N(C)C1. The zero-order valence-electron chi connectivity index (χ0n) is 13.6. The number of benzene rings is 1. The van der Waals surface area contributed by atoms with Crippen LogP contribution in [0.3, 0.4) is 0 Å². The van der Waals surface area contributed by atoms with E-state index in [4.69, 9.17) is 0 Å². The standard InChI is InChI=1S/C18H24N2S2/c1-20-9-11(10-21-2)7-13-12-5-4-6-15-17(12)14(8-16(13)20)18(19-15)22-3/h4-6,11,13,16,19H,7-10H2,1-3H3/t11?,13?,16-/m1/s1. The van der Waals surface area contributed by atoms with E-state index in [1.54, 1.807) is 11.1 Å². The first-order chi connectivity index (χ1) is 10.7. The summed E-state index contributed by atoms with van der Waals surface area (Å²) in [4.78, 5) is 6.28. The molecule has 2 nitrogen and oxygen atoms in total. The van der Waals surface area contributed by atoms with Gasteiger partial charge in [-0.3, -0.25) is 0 Å². The Balaban J connectivity index is 1.82. The van der Waals surface area contributed by atoms with Gasteiger partial charge in [0.1, 0.15) is 0 Å². The number of nitrogens with one attached hydrogen (secondary N) is 1. The molecule has 2 heterocycles. The molecule has 4 rings (SSSR count). The molecule has 1 aromatic carbocycles. The Labute approximate surface area is 141 Å². The van der Waals surface area contributed by atoms with Crippen molar-refractivity contribution in [2.24, 2.45) is 5.92 Å². The molecule has 118 valence electrons. The normalized spacial score (nSPS) is 28.0. The van der Waals surface area contributed by atoms with Gasteiger partial charge in [0.05, 0.1) is 5.03 Å². The van der Waals surface area contributed by atoms with Gasteiger partial charge in [-0.25, -0.2) is 0 Å². The van der Waals surface area contributed by atoms with Crippen molar-refractivity contribution >= 4 is 34.4 Å². The molecule has 1 saturated heterocycles. The number of likely N-dealkylation sites (tertiary alicyclic amines) is 1. The maximum absolute atomic E-state index is 3.65. The van der Waals surface area contributed by atoms with Crippen LogP contribution in [0.15, 0.2) is 23.2 Å². The maximum Gasteiger partial charge on any atom is 0.0763 e. The lowest BCUT2D eigenvalue weighted by atomic mass is 9.73. The van der Waals surface area contributed by atoms with Crippen molar-refractivity contribution in [2.45, 2.75) is 29.8 Å². The minimum Gasteiger partial charge on any atom is -0.349 e. The summed E-state index contributed by atoms with van der Waals surface area (Å²) < 4.78 is 0. The van der Waals surface area contributed by atoms with Gasteiger partial charge in [0.25, 0.3) is 0 Å². The molecule has 1 aromatic heterocycles. The van der Waals surface area contributed by atoms with Crippen LogP contribution >= 0.6 is 23.5 Å². The quantitative estimate of drug-likeness (QED) is 0.850. The number of piperidine rings is 1. The number of H-pyrrole nitrogens is 1. The summed E-state index contributed by atoms with van der Waals surface area (Å²) in [5, 5.41) is 2.91. The van der Waals surface area contributed by atoms with Crippen LogP contribution in [0, 0.1) is 5.92 Å². The van der Waals surface area contributed by atoms with Gasteiger partial charge in [-0.1, -0.05) is 12.1 Å². The molecule has 0 saturated carbocycles. The van der Waals surface area contributed by atoms with Crippen LogP contribution in [0.5, 0.6) is 0 Å². The zero-order chi connectivity index (χ0) is 15.3. The lowest BCUT2D eigenvalue weighted by Gasteiger charge is -2.45. The first kappa shape index (κ1) is 15.0. The summed E-state index contributed by atoms with van der Waals surface area (Å²) in [6, 6.07) is 7.55. The third-order valence-corrected chi connectivity index (χ3v) is 7.07. The molecular formula is C18H24N2S2. The van der Waals surface area contributed by atoms with Crippen LogP contribution in [0.1, 0.15) is 23.5 Å². The van der Waals surface area contributed by atoms with Gasteiger partial charge >= 0.3 is 0 Å². The number of rotatable bonds is 3. The summed E-state index contributed by atoms with van der Waals surface area (Å²) in [6.45, 7) is 1.26. The molecule has 0 radical (unpaired) electrons. The van der Waals surface area contributed by atoms with E-state index in [1.165, 1.54) is 41.1 Å². The van der Waals surface area contributed by atoms with Crippen molar-refractivity contribution in [3.05, 3.63) is 29.3 Å². The van der Waals surface area contributed by atoms with Crippen molar-refractivity contribution < 1.29 is 0 Å². The van der Waals surface area contributed by atoms with Crippen molar-refractivity contribution in [3.8, 4) is 0 Å². The lowest BCUT2D eigenvalue weighted by molar-refractivity contribution is 0.121. The highest BCUT2D eigenvalue weighted by Crippen LogP contribution is 2.46. The van der Waals surface area contributed by atoms with Crippen LogP contribution in [0.25, 0.3) is 10.9 Å². The number of hydrogen-bond donors (Lipinski definition) is 1. The lowest BCUT2D eigenvalue weighted by Crippen LogP contribution is -2.48. The Hall–Kier alpha value is -0.580. The molecule has 0 amide bonds. The Bertz CT molecular complexity index is 694. The average Bonchev–Trinajstić information content (AvgIpc) is 2.88. The van der Waals surface area contributed by atoms with E-state index >= 15 is 0 Å². The van der Waals surface area contributed by atoms with Gasteiger partial charge in [0, 0.05) is 29.4 Å². The number of aromatic nitrogens is 1. The molecule has 3 atom stereocenters. The molecule has 1 N–H and O–H groups in total. The predicted octanol–water partition coefficient (Wildman–Crippen LogP) is 4.21. The Kier molecular flexibility index (Phi) is 3.95. The van der Waals surface area contributed by atoms with Crippen LogP contribution in [-0.2, 0) is 6.42 Å². The van der Waals surface area contributed by atoms with Crippen LogP contribution < -0.4 is 0 Å². The second kappa shape index (κ2) is 5.81. The smallest absolute Gasteiger partial charge is 0.0763 e. The summed E-state index contributed by atoms with van der Waals surface area (Å²) in [5.41, 5.74) is 4.50. The highest BCUT2D eigenvalue weighted by molar-refractivity contribution is 7.98. The fraction of sp³-hybridized carbons (Fsp3) is 0.556. The highest BCUT2D eigenvalue weighted by atomic mass is 32.2. The fourth-order valence-electron chi connectivity index (χ4n) is 4.64. The molecule has 4 heteroatoms. The molecule has 1 aliphatic heterocycles. The minimum atomic E-state index is 0.679. The monoisotopic (exact) mass is 332 g/mol. The molecule has 1 aliphatic carbocycles. The summed E-state index contributed by atoms with van der Waals surface area (Å²) in [5.74, 6) is 2.83. The van der Waals surface area contributed by atoms with E-state index in [9.17, 15) is 0 Å². The van der Waals surface area contributed by atoms with E-state index in [-0.39, 0.29) is 0 Å². The number of likely N-dealkylation sites (N-methyl/N-ethyl adjacent to an activating group) is 1. The first-order valence-electron chi connectivity index (χ1n) is 8.09. The molecule has 2 unspecified atom stereocenters. The van der Waals surface area contributed by atoms with Crippen LogP contribution in [-0.4, -0.2) is 47.8 Å². The summed E-state index contributed by atoms with van der Waals surface area (Å²) in [7, 11) is 2.33. The minimum absolute atomic E-state index is 0.679. The van der Waals surface area contributed by atoms with Gasteiger partial charge in [-0.05, 0) is 61.3 Å². The molecular weight excluding hydrogens is 308 g/mol. The van der Waals surface area contributed by atoms with E-state index in [2.05, 4.69) is 47.6 Å². The third kappa shape index (κ3) is 2.22. The molecule has 2 aromatic rings. The van der Waals surface area contributed by atoms with Gasteiger partial charge in [0.2, 0.25) is 0 Å². The highest BCUT2D eigenvalue weighted by Gasteiger charge is 2.39. The second-order valence-electron chi connectivity index (χ2n) is 6.78. The van der Waals surface area contributed by atoms with Crippen LogP contribution in [0.4, 0.5) is 0 Å². The van der Waals surface area contributed by atoms with Gasteiger partial charge in [-0.2, -0.15) is 11.8 Å². The van der Waals surface area contributed by atoms with Crippen LogP contribution in [0.2, 0.25) is 0 Å². The van der Waals surface area contributed by atoms with E-state index in [0.717, 1.165) is 5.92 Å². The third-order valence-electron chi connectivity index (χ3n) is 5.50. The largest absolute Gasteiger partial charge is 0.349 e. The second-order valence-corrected chi connectivity index (χ2v) is 8.51. The van der Waals surface area contributed by atoms with E-state index in [1.807, 2.05) is 23.5 Å². The van der Waals surface area contributed by atoms with Gasteiger partial charge < -0.3 is 9.88 Å². The predicted molar refractivity (Wildman–Crippen MR) is 99.4 cm³/mol. The van der Waals surface area contributed by atoms with Crippen molar-refractivity contribution in [1.82, 2.24) is 9.88 Å². The molecule has 0 spiro atoms. The Morgan fingerprint density at radius 2 is 2.18 bits per heavy atom. The van der Waals surface area contributed by atoms with E-state index < -0.39 is 0 Å².